The van der Waals surface area contributed by atoms with E-state index in [1.165, 1.54) is 0 Å². The van der Waals surface area contributed by atoms with E-state index in [0.29, 0.717) is 6.08 Å². The van der Waals surface area contributed by atoms with Gasteiger partial charge in [-0.2, -0.15) is 22.4 Å². The molecule has 2 unspecified atom stereocenters. The molecule has 21 heteroatoms. The largest absolute Gasteiger partial charge is 0.490 e. The summed E-state index contributed by atoms with van der Waals surface area (Å²) in [6.45, 7) is 1.67. The highest BCUT2D eigenvalue weighted by Gasteiger charge is 2.66. The zero-order valence-corrected chi connectivity index (χ0v) is 18.1. The molecule has 1 aliphatic rings. The Labute approximate surface area is 176 Å². The van der Waals surface area contributed by atoms with Crippen LogP contribution < -0.4 is 11.4 Å². The molecule has 1 fully saturated rings. The van der Waals surface area contributed by atoms with Gasteiger partial charge in [0.05, 0.1) is 6.61 Å². The van der Waals surface area contributed by atoms with E-state index in [0.717, 1.165) is 12.3 Å². The van der Waals surface area contributed by atoms with Gasteiger partial charge < -0.3 is 35.2 Å². The molecule has 0 aliphatic carbocycles. The topological polar surface area (TPSA) is 250 Å². The van der Waals surface area contributed by atoms with Crippen LogP contribution in [0.3, 0.4) is 0 Å². The maximum absolute atomic E-state index is 14.7. The Morgan fingerprint density at radius 1 is 1.25 bits per heavy atom. The van der Waals surface area contributed by atoms with Crippen molar-refractivity contribution < 1.29 is 65.0 Å². The third-order valence-corrected chi connectivity index (χ3v) is 7.59. The highest BCUT2D eigenvalue weighted by molar-refractivity contribution is 7.66. The van der Waals surface area contributed by atoms with Crippen LogP contribution in [0.4, 0.5) is 14.6 Å². The molecule has 0 saturated carbocycles. The quantitative estimate of drug-likeness (QED) is 0.176. The van der Waals surface area contributed by atoms with Crippen molar-refractivity contribution in [2.24, 2.45) is 0 Å². The van der Waals surface area contributed by atoms with Crippen LogP contribution in [0.25, 0.3) is 0 Å². The average Bonchev–Trinajstić information content (AvgIpc) is 2.78. The highest BCUT2D eigenvalue weighted by Crippen LogP contribution is 2.66. The summed E-state index contributed by atoms with van der Waals surface area (Å²) in [5.74, 6) is -4.55. The van der Waals surface area contributed by atoms with Gasteiger partial charge in [0, 0.05) is 6.20 Å². The lowest BCUT2D eigenvalue weighted by Gasteiger charge is -2.28. The third kappa shape index (κ3) is 5.94. The molecule has 0 spiro atoms. The van der Waals surface area contributed by atoms with E-state index in [9.17, 15) is 37.3 Å². The maximum atomic E-state index is 14.7. The van der Waals surface area contributed by atoms with E-state index in [1.807, 2.05) is 0 Å². The van der Waals surface area contributed by atoms with E-state index < -0.39 is 59.6 Å². The van der Waals surface area contributed by atoms with Crippen molar-refractivity contribution in [1.82, 2.24) is 9.55 Å². The number of aliphatic hydroxyl groups is 1. The summed E-state index contributed by atoms with van der Waals surface area (Å²) >= 11 is 0. The molecule has 182 valence electrons. The van der Waals surface area contributed by atoms with Crippen LogP contribution in [0.2, 0.25) is 0 Å². The first-order valence-corrected chi connectivity index (χ1v) is 12.4. The van der Waals surface area contributed by atoms with Crippen molar-refractivity contribution in [1.29, 1.82) is 0 Å². The molecule has 32 heavy (non-hydrogen) atoms. The summed E-state index contributed by atoms with van der Waals surface area (Å²) in [7, 11) is -17.3. The number of nitrogens with zero attached hydrogens (tertiary/aromatic N) is 2. The van der Waals surface area contributed by atoms with Crippen LogP contribution in [0.15, 0.2) is 29.7 Å². The molecule has 2 heterocycles. The molecule has 0 aromatic carbocycles. The molecular weight excluding hydrogens is 513 g/mol. The van der Waals surface area contributed by atoms with Gasteiger partial charge in [0.1, 0.15) is 11.4 Å². The highest BCUT2D eigenvalue weighted by atomic mass is 31.3. The van der Waals surface area contributed by atoms with Crippen molar-refractivity contribution in [3.8, 4) is 0 Å². The number of phosphoric ester groups is 1. The first-order valence-electron chi connectivity index (χ1n) is 7.84. The van der Waals surface area contributed by atoms with Crippen molar-refractivity contribution >= 4 is 29.3 Å². The van der Waals surface area contributed by atoms with Gasteiger partial charge >= 0.3 is 35.1 Å². The second kappa shape index (κ2) is 8.76. The summed E-state index contributed by atoms with van der Waals surface area (Å²) in [5.41, 5.74) is 1.28. The predicted octanol–water partition coefficient (Wildman–Crippen LogP) is -0.381. The molecule has 0 radical (unpaired) electrons. The number of ether oxygens (including phenoxy) is 1. The lowest BCUT2D eigenvalue weighted by Crippen LogP contribution is -2.48. The Balaban J connectivity index is 2.28. The molecule has 7 N–H and O–H groups in total. The number of aliphatic hydroxyl groups excluding tert-OH is 1. The van der Waals surface area contributed by atoms with E-state index >= 15 is 0 Å². The fourth-order valence-corrected chi connectivity index (χ4v) is 5.54. The Hall–Kier alpha value is -1.39. The molecule has 1 aromatic rings. The minimum atomic E-state index is -5.88. The molecular formula is C11H16F2N3O13P3. The summed E-state index contributed by atoms with van der Waals surface area (Å²) in [5, 5.41) is 10.1. The average molecular weight is 529 g/mol. The van der Waals surface area contributed by atoms with Gasteiger partial charge in [-0.15, -0.1) is 6.58 Å². The molecule has 0 bridgehead atoms. The van der Waals surface area contributed by atoms with Crippen molar-refractivity contribution in [3.63, 3.8) is 0 Å². The summed E-state index contributed by atoms with van der Waals surface area (Å²) in [6, 6.07) is 0.965. The van der Waals surface area contributed by atoms with E-state index in [1.54, 1.807) is 0 Å². The molecule has 0 amide bonds. The van der Waals surface area contributed by atoms with Gasteiger partial charge in [-0.1, -0.05) is 6.08 Å². The minimum absolute atomic E-state index is 0.260. The van der Waals surface area contributed by atoms with Crippen LogP contribution in [0, 0.1) is 0 Å². The molecule has 1 aliphatic heterocycles. The van der Waals surface area contributed by atoms with E-state index in [2.05, 4.69) is 24.7 Å². The van der Waals surface area contributed by atoms with Gasteiger partial charge in [-0.05, 0) is 6.07 Å². The number of hydrogen-bond donors (Lipinski definition) is 6. The third-order valence-electron chi connectivity index (χ3n) is 3.81. The monoisotopic (exact) mass is 529 g/mol. The Kier molecular flexibility index (Phi) is 7.35. The molecule has 1 saturated heterocycles. The first kappa shape index (κ1) is 26.9. The van der Waals surface area contributed by atoms with Crippen LogP contribution in [0.5, 0.6) is 0 Å². The van der Waals surface area contributed by atoms with E-state index in [-0.39, 0.29) is 10.4 Å². The van der Waals surface area contributed by atoms with Crippen LogP contribution >= 0.6 is 23.5 Å². The maximum Gasteiger partial charge on any atom is 0.490 e. The molecule has 1 aromatic heterocycles. The fraction of sp³-hybridized carbons (Fsp3) is 0.455. The molecule has 16 nitrogen and oxygen atoms in total. The van der Waals surface area contributed by atoms with Gasteiger partial charge in [-0.25, -0.2) is 18.5 Å². The van der Waals surface area contributed by atoms with Crippen LogP contribution in [-0.4, -0.2) is 58.5 Å². The standard InChI is InChI=1S/C11H16F2N3O13P3/c1-2-10(5-26-31(22,23)29-32(24,25)28-30(19,20)21)7(17)11(12,13)8(27-10)16-4-3-6(14)15-9(16)18/h2-4,7-8,17H,1,5H2,(H,22,23)(H,24,25)(H2,14,15,18)(H2,19,20,21)/t7-,8-,10-/m1/s1. The molecule has 2 rings (SSSR count). The smallest absolute Gasteiger partial charge is 0.383 e. The SMILES string of the molecule is C=C[C@]1(COP(=O)(O)OP(=O)(O)OP(=O)(O)O)O[C@@H](n2ccc(N)nc2=O)C(F)(F)[C@@H]1O. The number of anilines is 1. The number of nitrogens with two attached hydrogens (primary N) is 1. The van der Waals surface area contributed by atoms with Crippen LogP contribution in [-0.2, 0) is 31.6 Å². The predicted molar refractivity (Wildman–Crippen MR) is 96.7 cm³/mol. The number of nitrogen functional groups attached to an aromatic ring is 1. The number of aromatic nitrogens is 2. The lowest BCUT2D eigenvalue weighted by atomic mass is 9.95. The van der Waals surface area contributed by atoms with E-state index in [4.69, 9.17) is 25.2 Å². The number of phosphoric acid groups is 3. The number of halogens is 2. The summed E-state index contributed by atoms with van der Waals surface area (Å²) in [4.78, 5) is 50.7. The van der Waals surface area contributed by atoms with Crippen molar-refractivity contribution in [2.45, 2.75) is 23.9 Å². The normalized spacial score (nSPS) is 29.2. The van der Waals surface area contributed by atoms with Crippen LogP contribution in [0.1, 0.15) is 6.23 Å². The second-order valence-electron chi connectivity index (χ2n) is 6.11. The van der Waals surface area contributed by atoms with Crippen molar-refractivity contribution in [2.75, 3.05) is 12.3 Å². The summed E-state index contributed by atoms with van der Waals surface area (Å²) < 4.78 is 79.6. The lowest BCUT2D eigenvalue weighted by molar-refractivity contribution is -0.142. The fourth-order valence-electron chi connectivity index (χ4n) is 2.48. The molecule has 5 atom stereocenters. The van der Waals surface area contributed by atoms with Gasteiger partial charge in [0.25, 0.3) is 0 Å². The number of rotatable bonds is 9. The Morgan fingerprint density at radius 2 is 1.84 bits per heavy atom. The van der Waals surface area contributed by atoms with Gasteiger partial charge in [-0.3, -0.25) is 9.09 Å². The zero-order valence-electron chi connectivity index (χ0n) is 15.4. The summed E-state index contributed by atoms with van der Waals surface area (Å²) in [6.07, 6.45) is -4.07. The van der Waals surface area contributed by atoms with Gasteiger partial charge in [0.2, 0.25) is 6.23 Å². The number of alkyl halides is 2. The van der Waals surface area contributed by atoms with Gasteiger partial charge in [0.15, 0.2) is 6.10 Å². The number of hydrogen-bond acceptors (Lipinski definition) is 11. The Bertz CT molecular complexity index is 1090. The zero-order chi connectivity index (χ0) is 24.8. The van der Waals surface area contributed by atoms with Crippen molar-refractivity contribution in [3.05, 3.63) is 35.4 Å². The minimum Gasteiger partial charge on any atom is -0.383 e. The first-order chi connectivity index (χ1) is 14.3. The Morgan fingerprint density at radius 3 is 2.34 bits per heavy atom. The second-order valence-corrected chi connectivity index (χ2v) is 10.5.